The lowest BCUT2D eigenvalue weighted by molar-refractivity contribution is 0.0379. The van der Waals surface area contributed by atoms with Gasteiger partial charge in [0.15, 0.2) is 23.0 Å². The first kappa shape index (κ1) is 35.6. The summed E-state index contributed by atoms with van der Waals surface area (Å²) >= 11 is 0. The highest BCUT2D eigenvalue weighted by molar-refractivity contribution is 6.74. The number of benzene rings is 2. The van der Waals surface area contributed by atoms with Crippen LogP contribution in [0.5, 0.6) is 23.0 Å². The van der Waals surface area contributed by atoms with Crippen LogP contribution >= 0.6 is 0 Å². The van der Waals surface area contributed by atoms with Crippen molar-refractivity contribution in [2.24, 2.45) is 0 Å². The molecular weight excluding hydrogens is 628 g/mol. The molecule has 256 valence electrons. The Morgan fingerprint density at radius 3 is 1.77 bits per heavy atom. The van der Waals surface area contributed by atoms with Crippen molar-refractivity contribution in [3.05, 3.63) is 46.9 Å². The Bertz CT molecular complexity index is 1730. The molecule has 0 saturated carbocycles. The zero-order chi connectivity index (χ0) is 34.5. The number of ether oxygens (including phenoxy) is 7. The van der Waals surface area contributed by atoms with Gasteiger partial charge in [0.05, 0.1) is 27.4 Å². The van der Waals surface area contributed by atoms with Gasteiger partial charge in [-0.1, -0.05) is 20.8 Å². The van der Waals surface area contributed by atoms with Crippen LogP contribution < -0.4 is 18.6 Å². The Balaban J connectivity index is 1.77. The van der Waals surface area contributed by atoms with Crippen LogP contribution in [0.3, 0.4) is 0 Å². The molecule has 0 aliphatic carbocycles. The third kappa shape index (κ3) is 7.69. The fraction of sp³-hybridized carbons (Fsp3) is 0.471. The Morgan fingerprint density at radius 2 is 1.21 bits per heavy atom. The molecule has 12 nitrogen and oxygen atoms in total. The molecule has 0 unspecified atom stereocenters. The molecule has 4 aromatic rings. The number of furan rings is 2. The summed E-state index contributed by atoms with van der Waals surface area (Å²) in [6, 6.07) is 6.69. The van der Waals surface area contributed by atoms with Crippen molar-refractivity contribution < 1.29 is 56.0 Å². The van der Waals surface area contributed by atoms with Crippen molar-refractivity contribution in [1.29, 1.82) is 0 Å². The third-order valence-electron chi connectivity index (χ3n) is 8.18. The Labute approximate surface area is 275 Å². The average Bonchev–Trinajstić information content (AvgIpc) is 3.53. The molecule has 0 amide bonds. The van der Waals surface area contributed by atoms with Crippen LogP contribution in [-0.2, 0) is 25.6 Å². The lowest BCUT2D eigenvalue weighted by atomic mass is 10.1. The van der Waals surface area contributed by atoms with Gasteiger partial charge in [-0.15, -0.1) is 0 Å². The average molecular weight is 673 g/mol. The first-order valence-corrected chi connectivity index (χ1v) is 18.1. The van der Waals surface area contributed by atoms with E-state index in [1.807, 2.05) is 0 Å². The molecule has 4 rings (SSSR count). The Hall–Kier alpha value is -4.20. The van der Waals surface area contributed by atoms with Crippen LogP contribution in [0.4, 0.5) is 0 Å². The van der Waals surface area contributed by atoms with E-state index in [2.05, 4.69) is 33.9 Å². The molecule has 0 atom stereocenters. The number of aryl methyl sites for hydroxylation is 1. The molecule has 2 heterocycles. The Kier molecular flexibility index (Phi) is 11.1. The van der Waals surface area contributed by atoms with E-state index in [9.17, 15) is 9.59 Å². The molecule has 0 N–H and O–H groups in total. The Morgan fingerprint density at radius 1 is 0.702 bits per heavy atom. The summed E-state index contributed by atoms with van der Waals surface area (Å²) < 4.78 is 57.0. The zero-order valence-corrected chi connectivity index (χ0v) is 29.7. The maximum absolute atomic E-state index is 13.5. The third-order valence-corrected chi connectivity index (χ3v) is 12.5. The second-order valence-corrected chi connectivity index (χ2v) is 17.1. The monoisotopic (exact) mass is 672 g/mol. The number of hydrogen-bond donors (Lipinski definition) is 0. The van der Waals surface area contributed by atoms with Gasteiger partial charge in [0.1, 0.15) is 53.6 Å². The molecule has 47 heavy (non-hydrogen) atoms. The largest absolute Gasteiger partial charge is 0.541 e. The van der Waals surface area contributed by atoms with Crippen molar-refractivity contribution in [3.63, 3.8) is 0 Å². The molecule has 0 fully saturated rings. The van der Waals surface area contributed by atoms with Gasteiger partial charge in [0.25, 0.3) is 8.32 Å². The predicted molar refractivity (Wildman–Crippen MR) is 177 cm³/mol. The van der Waals surface area contributed by atoms with Crippen LogP contribution in [-0.4, -0.2) is 75.1 Å². The van der Waals surface area contributed by atoms with Gasteiger partial charge in [0, 0.05) is 37.1 Å². The summed E-state index contributed by atoms with van der Waals surface area (Å²) in [6.45, 7) is 12.8. The lowest BCUT2D eigenvalue weighted by Gasteiger charge is -2.36. The molecule has 0 bridgehead atoms. The fourth-order valence-electron chi connectivity index (χ4n) is 4.62. The minimum atomic E-state index is -2.29. The molecular formula is C34H44O12Si. The predicted octanol–water partition coefficient (Wildman–Crippen LogP) is 7.07. The fourth-order valence-corrected chi connectivity index (χ4v) is 5.64. The number of carbonyl (C=O) groups is 2. The van der Waals surface area contributed by atoms with Crippen molar-refractivity contribution in [2.75, 3.05) is 54.9 Å². The first-order chi connectivity index (χ1) is 22.3. The van der Waals surface area contributed by atoms with Crippen LogP contribution in [0.2, 0.25) is 18.1 Å². The highest BCUT2D eigenvalue weighted by Crippen LogP contribution is 2.43. The topological polar surface area (TPSA) is 134 Å². The normalized spacial score (nSPS) is 12.0. The van der Waals surface area contributed by atoms with E-state index in [1.54, 1.807) is 38.3 Å². The summed E-state index contributed by atoms with van der Waals surface area (Å²) in [5.74, 6) is 1.01. The van der Waals surface area contributed by atoms with Crippen molar-refractivity contribution >= 4 is 42.2 Å². The first-order valence-electron chi connectivity index (χ1n) is 15.1. The van der Waals surface area contributed by atoms with Gasteiger partial charge in [-0.05, 0) is 37.2 Å². The van der Waals surface area contributed by atoms with E-state index in [4.69, 9.17) is 46.4 Å². The van der Waals surface area contributed by atoms with E-state index < -0.39 is 20.3 Å². The van der Waals surface area contributed by atoms with Crippen LogP contribution in [0, 0.1) is 6.92 Å². The molecule has 13 heteroatoms. The van der Waals surface area contributed by atoms with Gasteiger partial charge in [0.2, 0.25) is 0 Å². The minimum Gasteiger partial charge on any atom is -0.541 e. The number of esters is 2. The number of fused-ring (bicyclic) bond motifs is 2. The van der Waals surface area contributed by atoms with Crippen molar-refractivity contribution in [1.82, 2.24) is 0 Å². The zero-order valence-electron chi connectivity index (χ0n) is 28.7. The van der Waals surface area contributed by atoms with Crippen molar-refractivity contribution in [3.8, 4) is 23.0 Å². The summed E-state index contributed by atoms with van der Waals surface area (Å²) in [5.41, 5.74) is 1.24. The van der Waals surface area contributed by atoms with Gasteiger partial charge in [-0.2, -0.15) is 0 Å². The number of hydrogen-bond acceptors (Lipinski definition) is 12. The maximum atomic E-state index is 13.5. The van der Waals surface area contributed by atoms with Gasteiger partial charge < -0.3 is 46.4 Å². The number of methoxy groups -OCH3 is 4. The highest BCUT2D eigenvalue weighted by atomic mass is 28.4. The second kappa shape index (κ2) is 14.7. The highest BCUT2D eigenvalue weighted by Gasteiger charge is 2.40. The van der Waals surface area contributed by atoms with Crippen molar-refractivity contribution in [2.45, 2.75) is 52.4 Å². The summed E-state index contributed by atoms with van der Waals surface area (Å²) in [7, 11) is 3.79. The van der Waals surface area contributed by atoms with Crippen LogP contribution in [0.25, 0.3) is 21.9 Å². The quantitative estimate of drug-likeness (QED) is 0.0726. The van der Waals surface area contributed by atoms with E-state index in [0.717, 1.165) is 0 Å². The van der Waals surface area contributed by atoms with Gasteiger partial charge in [-0.25, -0.2) is 9.59 Å². The smallest absolute Gasteiger partial charge is 0.342 e. The van der Waals surface area contributed by atoms with Gasteiger partial charge >= 0.3 is 11.9 Å². The molecule has 0 aliphatic heterocycles. The van der Waals surface area contributed by atoms with E-state index in [-0.39, 0.29) is 60.7 Å². The number of rotatable bonds is 15. The number of carbonyl (C=O) groups excluding carboxylic acids is 2. The summed E-state index contributed by atoms with van der Waals surface area (Å²) in [4.78, 5) is 26.4. The molecule has 0 spiro atoms. The second-order valence-electron chi connectivity index (χ2n) is 12.3. The standard InChI is InChI=1S/C34H44O12Si/c1-20-30(32(35)41-13-11-37-5)21-15-27(25(39-7)17-23(21)44-20)43-19-29-31(33(36)42-14-12-38-6)22-16-28(26(40-8)18-24(22)45-29)46-47(9,10)34(2,3)4/h15-18H,11-14,19H2,1-10H3. The van der Waals surface area contributed by atoms with E-state index in [0.29, 0.717) is 44.9 Å². The molecule has 0 aliphatic rings. The molecule has 0 saturated heterocycles. The van der Waals surface area contributed by atoms with Crippen LogP contribution in [0.15, 0.2) is 33.1 Å². The summed E-state index contributed by atoms with van der Waals surface area (Å²) in [6.07, 6.45) is 0. The molecule has 2 aromatic carbocycles. The summed E-state index contributed by atoms with van der Waals surface area (Å²) in [5, 5.41) is 0.870. The SMILES string of the molecule is COCCOC(=O)c1c(C)oc2cc(OC)c(OCc3oc4cc(OC)c(O[Si](C)(C)C(C)(C)C)cc4c3C(=O)OCCOC)cc12. The molecule has 2 aromatic heterocycles. The lowest BCUT2D eigenvalue weighted by Crippen LogP contribution is -2.43. The van der Waals surface area contributed by atoms with Crippen LogP contribution in [0.1, 0.15) is 53.0 Å². The maximum Gasteiger partial charge on any atom is 0.342 e. The molecule has 0 radical (unpaired) electrons. The minimum absolute atomic E-state index is 0.0410. The van der Waals surface area contributed by atoms with Gasteiger partial charge in [-0.3, -0.25) is 0 Å². The van der Waals surface area contributed by atoms with E-state index >= 15 is 0 Å². The van der Waals surface area contributed by atoms with E-state index in [1.165, 1.54) is 21.3 Å².